The number of aromatic nitrogens is 3. The van der Waals surface area contributed by atoms with Crippen LogP contribution in [0.1, 0.15) is 31.5 Å². The van der Waals surface area contributed by atoms with E-state index < -0.39 is 10.0 Å². The number of nitrogens with one attached hydrogen (secondary N) is 1. The zero-order chi connectivity index (χ0) is 20.3. The van der Waals surface area contributed by atoms with Gasteiger partial charge < -0.3 is 4.74 Å². The van der Waals surface area contributed by atoms with E-state index in [0.717, 1.165) is 6.42 Å². The van der Waals surface area contributed by atoms with Gasteiger partial charge in [-0.3, -0.25) is 4.72 Å². The van der Waals surface area contributed by atoms with Gasteiger partial charge in [0.1, 0.15) is 23.2 Å². The zero-order valence-electron chi connectivity index (χ0n) is 15.9. The fraction of sp³-hybridized carbons (Fsp3) is 0.316. The maximum Gasteiger partial charge on any atom is 0.263 e. The summed E-state index contributed by atoms with van der Waals surface area (Å²) in [6, 6.07) is 9.78. The second-order valence-corrected chi connectivity index (χ2v) is 8.48. The molecule has 3 aromatic rings. The average Bonchev–Trinajstić information content (AvgIpc) is 3.04. The molecule has 9 heteroatoms. The normalized spacial score (nSPS) is 11.5. The number of rotatable bonds is 7. The molecular weight excluding hydrogens is 378 g/mol. The Morgan fingerprint density at radius 2 is 2.00 bits per heavy atom. The second-order valence-electron chi connectivity index (χ2n) is 6.80. The van der Waals surface area contributed by atoms with E-state index in [1.54, 1.807) is 25.1 Å². The van der Waals surface area contributed by atoms with E-state index in [1.165, 1.54) is 22.8 Å². The van der Waals surface area contributed by atoms with E-state index in [1.807, 2.05) is 6.07 Å². The van der Waals surface area contributed by atoms with E-state index in [2.05, 4.69) is 28.7 Å². The Hall–Kier alpha value is -3.12. The van der Waals surface area contributed by atoms with Crippen LogP contribution in [0.5, 0.6) is 5.75 Å². The Balaban J connectivity index is 1.83. The van der Waals surface area contributed by atoms with Crippen molar-refractivity contribution in [2.24, 2.45) is 5.92 Å². The standard InChI is InChI=1S/C19H21N5O3S/c1-13(2)8-9-27-16-4-6-17(7-5-16)28(25,26)23-18-10-14(3)22-19-15(11-20)12-21-24(18)19/h4-7,10,12-13,23H,8-9H2,1-3H3. The molecule has 0 saturated heterocycles. The number of nitrogens with zero attached hydrogens (tertiary/aromatic N) is 4. The van der Waals surface area contributed by atoms with Gasteiger partial charge in [-0.25, -0.2) is 13.4 Å². The molecule has 0 unspecified atom stereocenters. The van der Waals surface area contributed by atoms with Gasteiger partial charge in [0.2, 0.25) is 0 Å². The molecule has 28 heavy (non-hydrogen) atoms. The van der Waals surface area contributed by atoms with Crippen LogP contribution in [0.3, 0.4) is 0 Å². The van der Waals surface area contributed by atoms with Crippen LogP contribution in [0.15, 0.2) is 41.4 Å². The highest BCUT2D eigenvalue weighted by molar-refractivity contribution is 7.92. The summed E-state index contributed by atoms with van der Waals surface area (Å²) in [6.07, 6.45) is 2.27. The first kappa shape index (κ1) is 19.6. The fourth-order valence-electron chi connectivity index (χ4n) is 2.56. The molecule has 0 aliphatic carbocycles. The van der Waals surface area contributed by atoms with Crippen molar-refractivity contribution >= 4 is 21.5 Å². The molecule has 2 aromatic heterocycles. The van der Waals surface area contributed by atoms with Crippen molar-refractivity contribution in [3.8, 4) is 11.8 Å². The number of hydrogen-bond donors (Lipinski definition) is 1. The third-order valence-electron chi connectivity index (χ3n) is 4.06. The first-order chi connectivity index (χ1) is 13.3. The Labute approximate surface area is 163 Å². The van der Waals surface area contributed by atoms with Gasteiger partial charge in [-0.15, -0.1) is 0 Å². The molecule has 0 aliphatic heterocycles. The van der Waals surface area contributed by atoms with Crippen LogP contribution in [0.25, 0.3) is 5.65 Å². The van der Waals surface area contributed by atoms with Crippen LogP contribution in [0.2, 0.25) is 0 Å². The molecule has 3 rings (SSSR count). The highest BCUT2D eigenvalue weighted by atomic mass is 32.2. The zero-order valence-corrected chi connectivity index (χ0v) is 16.7. The van der Waals surface area contributed by atoms with Gasteiger partial charge in [-0.2, -0.15) is 14.9 Å². The molecule has 0 amide bonds. The molecular formula is C19H21N5O3S. The lowest BCUT2D eigenvalue weighted by Crippen LogP contribution is -2.16. The number of benzene rings is 1. The summed E-state index contributed by atoms with van der Waals surface area (Å²) in [5.74, 6) is 1.36. The minimum atomic E-state index is -3.85. The number of anilines is 1. The largest absolute Gasteiger partial charge is 0.494 e. The van der Waals surface area contributed by atoms with Crippen molar-refractivity contribution in [2.45, 2.75) is 32.1 Å². The van der Waals surface area contributed by atoms with Crippen LogP contribution >= 0.6 is 0 Å². The van der Waals surface area contributed by atoms with Crippen molar-refractivity contribution in [3.05, 3.63) is 47.8 Å². The summed E-state index contributed by atoms with van der Waals surface area (Å²) in [5.41, 5.74) is 1.14. The average molecular weight is 399 g/mol. The predicted octanol–water partition coefficient (Wildman–Crippen LogP) is 3.14. The summed E-state index contributed by atoms with van der Waals surface area (Å²) in [5, 5.41) is 13.2. The second kappa shape index (κ2) is 7.86. The molecule has 1 N–H and O–H groups in total. The van der Waals surface area contributed by atoms with E-state index in [0.29, 0.717) is 29.6 Å². The molecule has 0 aliphatic rings. The molecule has 0 saturated carbocycles. The number of aryl methyl sites for hydroxylation is 1. The van der Waals surface area contributed by atoms with Gasteiger partial charge in [-0.05, 0) is 43.5 Å². The molecule has 1 aromatic carbocycles. The van der Waals surface area contributed by atoms with Gasteiger partial charge in [0.05, 0.1) is 17.7 Å². The van der Waals surface area contributed by atoms with Gasteiger partial charge in [-0.1, -0.05) is 13.8 Å². The molecule has 2 heterocycles. The van der Waals surface area contributed by atoms with Crippen LogP contribution in [-0.2, 0) is 10.0 Å². The maximum atomic E-state index is 12.8. The van der Waals surface area contributed by atoms with Gasteiger partial charge >= 0.3 is 0 Å². The van der Waals surface area contributed by atoms with Crippen molar-refractivity contribution in [2.75, 3.05) is 11.3 Å². The highest BCUT2D eigenvalue weighted by Crippen LogP contribution is 2.21. The summed E-state index contributed by atoms with van der Waals surface area (Å²) >= 11 is 0. The SMILES string of the molecule is Cc1cc(NS(=O)(=O)c2ccc(OCCC(C)C)cc2)n2ncc(C#N)c2n1. The Kier molecular flexibility index (Phi) is 5.51. The molecule has 0 radical (unpaired) electrons. The molecule has 0 atom stereocenters. The third-order valence-corrected chi connectivity index (χ3v) is 5.43. The Morgan fingerprint density at radius 3 is 2.64 bits per heavy atom. The quantitative estimate of drug-likeness (QED) is 0.654. The van der Waals surface area contributed by atoms with E-state index in [-0.39, 0.29) is 16.3 Å². The van der Waals surface area contributed by atoms with Crippen LogP contribution in [0, 0.1) is 24.2 Å². The van der Waals surface area contributed by atoms with Crippen LogP contribution < -0.4 is 9.46 Å². The third kappa shape index (κ3) is 4.23. The molecule has 8 nitrogen and oxygen atoms in total. The Bertz CT molecular complexity index is 1130. The first-order valence-electron chi connectivity index (χ1n) is 8.81. The number of ether oxygens (including phenoxy) is 1. The van der Waals surface area contributed by atoms with E-state index in [4.69, 9.17) is 10.00 Å². The van der Waals surface area contributed by atoms with Crippen LogP contribution in [0.4, 0.5) is 5.82 Å². The summed E-state index contributed by atoms with van der Waals surface area (Å²) < 4.78 is 35.0. The van der Waals surface area contributed by atoms with Crippen molar-refractivity contribution < 1.29 is 13.2 Å². The minimum absolute atomic E-state index is 0.0963. The van der Waals surface area contributed by atoms with Crippen molar-refractivity contribution in [3.63, 3.8) is 0 Å². The van der Waals surface area contributed by atoms with Crippen molar-refractivity contribution in [1.82, 2.24) is 14.6 Å². The van der Waals surface area contributed by atoms with Crippen molar-refractivity contribution in [1.29, 1.82) is 5.26 Å². The smallest absolute Gasteiger partial charge is 0.263 e. The van der Waals surface area contributed by atoms with Crippen LogP contribution in [-0.4, -0.2) is 29.6 Å². The van der Waals surface area contributed by atoms with E-state index in [9.17, 15) is 8.42 Å². The number of sulfonamides is 1. The molecule has 146 valence electrons. The predicted molar refractivity (Wildman–Crippen MR) is 105 cm³/mol. The molecule has 0 fully saturated rings. The highest BCUT2D eigenvalue weighted by Gasteiger charge is 2.18. The number of nitriles is 1. The summed E-state index contributed by atoms with van der Waals surface area (Å²) in [7, 11) is -3.85. The minimum Gasteiger partial charge on any atom is -0.494 e. The maximum absolute atomic E-state index is 12.8. The van der Waals surface area contributed by atoms with Gasteiger partial charge in [0.25, 0.3) is 10.0 Å². The summed E-state index contributed by atoms with van der Waals surface area (Å²) in [4.78, 5) is 4.35. The lowest BCUT2D eigenvalue weighted by molar-refractivity contribution is 0.289. The number of fused-ring (bicyclic) bond motifs is 1. The lowest BCUT2D eigenvalue weighted by atomic mass is 10.1. The summed E-state index contributed by atoms with van der Waals surface area (Å²) in [6.45, 7) is 6.52. The Morgan fingerprint density at radius 1 is 1.29 bits per heavy atom. The number of hydrogen-bond acceptors (Lipinski definition) is 6. The van der Waals surface area contributed by atoms with E-state index >= 15 is 0 Å². The molecule has 0 bridgehead atoms. The monoisotopic (exact) mass is 399 g/mol. The lowest BCUT2D eigenvalue weighted by Gasteiger charge is -2.11. The topological polar surface area (TPSA) is 109 Å². The fourth-order valence-corrected chi connectivity index (χ4v) is 3.59. The first-order valence-corrected chi connectivity index (χ1v) is 10.3. The van der Waals surface area contributed by atoms with Gasteiger partial charge in [0, 0.05) is 11.8 Å². The van der Waals surface area contributed by atoms with Gasteiger partial charge in [0.15, 0.2) is 5.65 Å². The molecule has 0 spiro atoms.